The highest BCUT2D eigenvalue weighted by Gasteiger charge is 2.42. The van der Waals surface area contributed by atoms with Crippen LogP contribution in [0.1, 0.15) is 47.6 Å². The molecule has 2 aliphatic heterocycles. The molecule has 3 aromatic rings. The fraction of sp³-hybridized carbons (Fsp3) is 0.522. The van der Waals surface area contributed by atoms with Gasteiger partial charge in [-0.05, 0) is 50.3 Å². The maximum atomic E-state index is 13.3. The smallest absolute Gasteiger partial charge is 0.381 e. The average molecular weight is 462 g/mol. The number of alkyl halides is 3. The second-order valence-electron chi connectivity index (χ2n) is 8.97. The van der Waals surface area contributed by atoms with Gasteiger partial charge in [-0.25, -0.2) is 0 Å². The Morgan fingerprint density at radius 1 is 1.12 bits per heavy atom. The number of ether oxygens (including phenoxy) is 1. The number of aromatic amines is 1. The van der Waals surface area contributed by atoms with Gasteiger partial charge in [0.15, 0.2) is 0 Å². The number of amides is 1. The van der Waals surface area contributed by atoms with Gasteiger partial charge in [0, 0.05) is 37.3 Å². The molecule has 0 radical (unpaired) electrons. The van der Waals surface area contributed by atoms with E-state index in [0.29, 0.717) is 46.1 Å². The molecule has 2 aliphatic rings. The third-order valence-electron chi connectivity index (χ3n) is 6.92. The molecule has 2 aromatic heterocycles. The number of aromatic nitrogens is 3. The molecule has 0 bridgehead atoms. The van der Waals surface area contributed by atoms with E-state index in [9.17, 15) is 22.8 Å². The molecule has 10 heteroatoms. The molecule has 33 heavy (non-hydrogen) atoms. The number of pyridine rings is 1. The molecule has 4 heterocycles. The first-order chi connectivity index (χ1) is 15.7. The second kappa shape index (κ2) is 8.16. The summed E-state index contributed by atoms with van der Waals surface area (Å²) in [6.45, 7) is 3.14. The lowest BCUT2D eigenvalue weighted by molar-refractivity contribution is -0.183. The molecule has 0 spiro atoms. The minimum absolute atomic E-state index is 0.0710. The number of aryl methyl sites for hydroxylation is 1. The number of halogens is 3. The second-order valence-corrected chi connectivity index (χ2v) is 8.97. The molecule has 0 aliphatic carbocycles. The summed E-state index contributed by atoms with van der Waals surface area (Å²) in [6, 6.07) is 3.59. The van der Waals surface area contributed by atoms with Crippen molar-refractivity contribution in [3.63, 3.8) is 0 Å². The molecule has 1 amide bonds. The number of hydrogen-bond acceptors (Lipinski definition) is 4. The van der Waals surface area contributed by atoms with E-state index in [4.69, 9.17) is 4.74 Å². The highest BCUT2D eigenvalue weighted by molar-refractivity contribution is 6.07. The molecule has 2 saturated heterocycles. The Bertz CT molecular complexity index is 1270. The number of benzene rings is 1. The lowest BCUT2D eigenvalue weighted by atomic mass is 9.95. The molecule has 0 unspecified atom stereocenters. The highest BCUT2D eigenvalue weighted by Crippen LogP contribution is 2.35. The van der Waals surface area contributed by atoms with Gasteiger partial charge >= 0.3 is 6.18 Å². The molecular formula is C23H25F3N4O3. The van der Waals surface area contributed by atoms with Crippen LogP contribution in [0, 0.1) is 12.8 Å². The van der Waals surface area contributed by atoms with Gasteiger partial charge in [-0.1, -0.05) is 0 Å². The molecule has 2 fully saturated rings. The topological polar surface area (TPSA) is 80.2 Å². The van der Waals surface area contributed by atoms with Crippen molar-refractivity contribution in [3.05, 3.63) is 39.8 Å². The number of H-pyrrole nitrogens is 1. The number of piperidine rings is 1. The third-order valence-corrected chi connectivity index (χ3v) is 6.92. The Morgan fingerprint density at radius 2 is 1.82 bits per heavy atom. The Labute approximate surface area is 187 Å². The van der Waals surface area contributed by atoms with Crippen molar-refractivity contribution in [3.8, 4) is 0 Å². The number of nitrogens with zero attached hydrogens (tertiary/aromatic N) is 3. The third kappa shape index (κ3) is 3.90. The summed E-state index contributed by atoms with van der Waals surface area (Å²) in [7, 11) is 0. The van der Waals surface area contributed by atoms with Gasteiger partial charge in [0.25, 0.3) is 11.5 Å². The van der Waals surface area contributed by atoms with Crippen molar-refractivity contribution in [2.24, 2.45) is 5.92 Å². The van der Waals surface area contributed by atoms with E-state index in [2.05, 4.69) is 10.1 Å². The Hall–Kier alpha value is -2.88. The van der Waals surface area contributed by atoms with Crippen molar-refractivity contribution in [2.75, 3.05) is 26.3 Å². The van der Waals surface area contributed by atoms with Crippen LogP contribution in [0.15, 0.2) is 23.1 Å². The summed E-state index contributed by atoms with van der Waals surface area (Å²) in [4.78, 5) is 30.3. The first-order valence-corrected chi connectivity index (χ1v) is 11.2. The number of rotatable bonds is 2. The molecule has 1 aromatic carbocycles. The van der Waals surface area contributed by atoms with E-state index in [-0.39, 0.29) is 43.4 Å². The molecule has 0 saturated carbocycles. The van der Waals surface area contributed by atoms with Gasteiger partial charge in [0.1, 0.15) is 0 Å². The van der Waals surface area contributed by atoms with Gasteiger partial charge in [0.2, 0.25) is 0 Å². The number of carbonyl (C=O) groups is 1. The summed E-state index contributed by atoms with van der Waals surface area (Å²) in [5.74, 6) is -1.65. The Balaban J connectivity index is 1.55. The van der Waals surface area contributed by atoms with Gasteiger partial charge in [-0.15, -0.1) is 0 Å². The first-order valence-electron chi connectivity index (χ1n) is 11.2. The zero-order valence-corrected chi connectivity index (χ0v) is 18.2. The number of fused-ring (bicyclic) bond motifs is 3. The van der Waals surface area contributed by atoms with Gasteiger partial charge in [0.05, 0.1) is 34.6 Å². The standard InChI is InChI=1S/C23H25F3N4O3/c1-13-10-19-17(11-16(13)22(32)29-6-2-14(3-7-29)23(24,25)26)20-18(21(31)28-19)12-27-30(20)15-4-8-33-9-5-15/h10-12,14-15H,2-9H2,1H3,(H,28,31). The van der Waals surface area contributed by atoms with Gasteiger partial charge < -0.3 is 14.6 Å². The molecule has 0 atom stereocenters. The number of carbonyl (C=O) groups excluding carboxylic acids is 1. The minimum atomic E-state index is -4.23. The molecule has 1 N–H and O–H groups in total. The lowest BCUT2D eigenvalue weighted by Gasteiger charge is -2.33. The summed E-state index contributed by atoms with van der Waals surface area (Å²) >= 11 is 0. The lowest BCUT2D eigenvalue weighted by Crippen LogP contribution is -2.42. The zero-order chi connectivity index (χ0) is 23.3. The zero-order valence-electron chi connectivity index (χ0n) is 18.2. The van der Waals surface area contributed by atoms with Crippen molar-refractivity contribution >= 4 is 27.7 Å². The largest absolute Gasteiger partial charge is 0.391 e. The molecule has 176 valence electrons. The normalized spacial score (nSPS) is 19.0. The highest BCUT2D eigenvalue weighted by atomic mass is 19.4. The fourth-order valence-electron chi connectivity index (χ4n) is 5.01. The van der Waals surface area contributed by atoms with E-state index < -0.39 is 12.1 Å². The quantitative estimate of drug-likeness (QED) is 0.626. The first kappa shape index (κ1) is 21.9. The van der Waals surface area contributed by atoms with Crippen molar-refractivity contribution in [1.29, 1.82) is 0 Å². The van der Waals surface area contributed by atoms with Crippen LogP contribution in [-0.4, -0.2) is 58.1 Å². The average Bonchev–Trinajstić information content (AvgIpc) is 3.25. The van der Waals surface area contributed by atoms with E-state index >= 15 is 0 Å². The van der Waals surface area contributed by atoms with Crippen LogP contribution in [0.3, 0.4) is 0 Å². The fourth-order valence-corrected chi connectivity index (χ4v) is 5.01. The molecule has 7 nitrogen and oxygen atoms in total. The van der Waals surface area contributed by atoms with Crippen molar-refractivity contribution in [2.45, 2.75) is 44.8 Å². The predicted molar refractivity (Wildman–Crippen MR) is 116 cm³/mol. The van der Waals surface area contributed by atoms with Crippen LogP contribution in [0.4, 0.5) is 13.2 Å². The minimum Gasteiger partial charge on any atom is -0.381 e. The molecule has 5 rings (SSSR count). The maximum absolute atomic E-state index is 13.3. The number of nitrogens with one attached hydrogen (secondary N) is 1. The van der Waals surface area contributed by atoms with Crippen molar-refractivity contribution in [1.82, 2.24) is 19.7 Å². The van der Waals surface area contributed by atoms with E-state index in [1.165, 1.54) is 4.90 Å². The van der Waals surface area contributed by atoms with Crippen LogP contribution < -0.4 is 5.56 Å². The van der Waals surface area contributed by atoms with Gasteiger partial charge in [-0.2, -0.15) is 18.3 Å². The summed E-state index contributed by atoms with van der Waals surface area (Å²) < 4.78 is 46.4. The van der Waals surface area contributed by atoms with Gasteiger partial charge in [-0.3, -0.25) is 14.3 Å². The van der Waals surface area contributed by atoms with Crippen LogP contribution in [0.25, 0.3) is 21.8 Å². The van der Waals surface area contributed by atoms with Crippen LogP contribution in [0.5, 0.6) is 0 Å². The summed E-state index contributed by atoms with van der Waals surface area (Å²) in [5, 5.41) is 5.64. The molecular weight excluding hydrogens is 437 g/mol. The number of hydrogen-bond donors (Lipinski definition) is 1. The SMILES string of the molecule is Cc1cc2[nH]c(=O)c3cnn(C4CCOCC4)c3c2cc1C(=O)N1CCC(C(F)(F)F)CC1. The summed E-state index contributed by atoms with van der Waals surface area (Å²) in [6.07, 6.45) is -1.31. The Kier molecular flexibility index (Phi) is 5.43. The van der Waals surface area contributed by atoms with Crippen LogP contribution >= 0.6 is 0 Å². The predicted octanol–water partition coefficient (Wildman–Crippen LogP) is 3.95. The number of likely N-dealkylation sites (tertiary alicyclic amines) is 1. The van der Waals surface area contributed by atoms with Crippen molar-refractivity contribution < 1.29 is 22.7 Å². The van der Waals surface area contributed by atoms with Crippen LogP contribution in [-0.2, 0) is 4.74 Å². The van der Waals surface area contributed by atoms with E-state index in [0.717, 1.165) is 12.8 Å². The van der Waals surface area contributed by atoms with Crippen LogP contribution in [0.2, 0.25) is 0 Å². The van der Waals surface area contributed by atoms with E-state index in [1.807, 2.05) is 4.68 Å². The summed E-state index contributed by atoms with van der Waals surface area (Å²) in [5.41, 5.74) is 2.12. The maximum Gasteiger partial charge on any atom is 0.391 e. The Morgan fingerprint density at radius 3 is 2.48 bits per heavy atom. The van der Waals surface area contributed by atoms with E-state index in [1.54, 1.807) is 25.3 Å². The monoisotopic (exact) mass is 462 g/mol.